The van der Waals surface area contributed by atoms with Gasteiger partial charge in [0.1, 0.15) is 17.5 Å². The summed E-state index contributed by atoms with van der Waals surface area (Å²) in [5.41, 5.74) is 1.70. The highest BCUT2D eigenvalue weighted by molar-refractivity contribution is 5.97. The van der Waals surface area contributed by atoms with Crippen LogP contribution in [0.2, 0.25) is 0 Å². The van der Waals surface area contributed by atoms with Crippen LogP contribution in [0.5, 0.6) is 5.88 Å². The van der Waals surface area contributed by atoms with Gasteiger partial charge in [-0.05, 0) is 42.8 Å². The summed E-state index contributed by atoms with van der Waals surface area (Å²) in [4.78, 5) is 38.1. The molecule has 2 aromatic heterocycles. The predicted octanol–water partition coefficient (Wildman–Crippen LogP) is 2.94. The molecule has 0 spiro atoms. The summed E-state index contributed by atoms with van der Waals surface area (Å²) in [7, 11) is 1.72. The third-order valence-electron chi connectivity index (χ3n) is 6.72. The van der Waals surface area contributed by atoms with Gasteiger partial charge in [0.25, 0.3) is 5.91 Å². The smallest absolute Gasteiger partial charge is 0.259 e. The van der Waals surface area contributed by atoms with E-state index in [1.54, 1.807) is 72.6 Å². The van der Waals surface area contributed by atoms with E-state index >= 15 is 0 Å². The van der Waals surface area contributed by atoms with E-state index in [2.05, 4.69) is 21.8 Å². The first kappa shape index (κ1) is 27.7. The minimum atomic E-state index is -0.473. The lowest BCUT2D eigenvalue weighted by molar-refractivity contribution is -0.130. The van der Waals surface area contributed by atoms with Gasteiger partial charge < -0.3 is 19.6 Å². The van der Waals surface area contributed by atoms with Crippen LogP contribution in [0.15, 0.2) is 61.1 Å². The highest BCUT2D eigenvalue weighted by Gasteiger charge is 2.34. The van der Waals surface area contributed by atoms with Crippen molar-refractivity contribution in [3.8, 4) is 17.7 Å². The van der Waals surface area contributed by atoms with Gasteiger partial charge in [0.05, 0.1) is 31.2 Å². The minimum Gasteiger partial charge on any atom is -0.472 e. The Labute approximate surface area is 227 Å². The van der Waals surface area contributed by atoms with Gasteiger partial charge in [-0.3, -0.25) is 14.6 Å². The topological polar surface area (TPSA) is 95.9 Å². The average Bonchev–Trinajstić information content (AvgIpc) is 2.94. The Morgan fingerprint density at radius 2 is 2.00 bits per heavy atom. The summed E-state index contributed by atoms with van der Waals surface area (Å²) in [5.74, 6) is 4.74. The van der Waals surface area contributed by atoms with Gasteiger partial charge in [-0.15, -0.1) is 0 Å². The largest absolute Gasteiger partial charge is 0.472 e. The van der Waals surface area contributed by atoms with Crippen molar-refractivity contribution in [3.05, 3.63) is 89.1 Å². The standard InChI is InChI=1S/C30H31FN4O4/c1-20-17-35(21(2)19-36)30(38)25-14-23(8-9-24-6-4-5-7-26(24)31)16-33-29(25)39-27(20)18-34(3)28(37)15-22-10-12-32-13-11-22/h4-7,10-14,16,20-21,27,36H,15,17-19H2,1-3H3/t20-,21-,27-/m0/s1. The van der Waals surface area contributed by atoms with Crippen molar-refractivity contribution < 1.29 is 23.8 Å². The number of aliphatic hydroxyl groups excluding tert-OH is 1. The van der Waals surface area contributed by atoms with Crippen LogP contribution in [0.25, 0.3) is 0 Å². The molecule has 202 valence electrons. The quantitative estimate of drug-likeness (QED) is 0.493. The van der Waals surface area contributed by atoms with Gasteiger partial charge in [0.15, 0.2) is 0 Å². The molecule has 0 aliphatic carbocycles. The number of carbonyl (C=O) groups is 2. The highest BCUT2D eigenvalue weighted by atomic mass is 19.1. The van der Waals surface area contributed by atoms with E-state index in [-0.39, 0.29) is 54.3 Å². The van der Waals surface area contributed by atoms with Crippen molar-refractivity contribution in [2.75, 3.05) is 26.7 Å². The molecule has 1 aromatic carbocycles. The van der Waals surface area contributed by atoms with E-state index < -0.39 is 18.0 Å². The Kier molecular flexibility index (Phi) is 8.89. The zero-order chi connectivity index (χ0) is 27.9. The Balaban J connectivity index is 1.62. The molecular formula is C30H31FN4O4. The molecule has 8 nitrogen and oxygen atoms in total. The van der Waals surface area contributed by atoms with Crippen molar-refractivity contribution in [1.29, 1.82) is 0 Å². The molecule has 2 amide bonds. The van der Waals surface area contributed by atoms with Crippen molar-refractivity contribution in [1.82, 2.24) is 19.8 Å². The van der Waals surface area contributed by atoms with Crippen LogP contribution in [-0.4, -0.2) is 75.6 Å². The Bertz CT molecular complexity index is 1390. The second kappa shape index (κ2) is 12.5. The molecule has 0 radical (unpaired) electrons. The number of ether oxygens (including phenoxy) is 1. The molecule has 1 aliphatic rings. The van der Waals surface area contributed by atoms with Gasteiger partial charge >= 0.3 is 0 Å². The first-order valence-electron chi connectivity index (χ1n) is 12.7. The number of aliphatic hydroxyl groups is 1. The number of amides is 2. The van der Waals surface area contributed by atoms with E-state index in [0.29, 0.717) is 12.1 Å². The molecular weight excluding hydrogens is 499 g/mol. The van der Waals surface area contributed by atoms with E-state index in [1.165, 1.54) is 12.3 Å². The zero-order valence-electron chi connectivity index (χ0n) is 22.2. The number of likely N-dealkylation sites (N-methyl/N-ethyl adjacent to an activating group) is 1. The van der Waals surface area contributed by atoms with Crippen molar-refractivity contribution in [2.45, 2.75) is 32.4 Å². The number of nitrogens with zero attached hydrogens (tertiary/aromatic N) is 4. The van der Waals surface area contributed by atoms with E-state index in [0.717, 1.165) is 5.56 Å². The van der Waals surface area contributed by atoms with Crippen molar-refractivity contribution in [3.63, 3.8) is 0 Å². The lowest BCUT2D eigenvalue weighted by Gasteiger charge is -2.37. The summed E-state index contributed by atoms with van der Waals surface area (Å²) < 4.78 is 20.3. The van der Waals surface area contributed by atoms with E-state index in [4.69, 9.17) is 4.74 Å². The Morgan fingerprint density at radius 3 is 2.72 bits per heavy atom. The molecule has 1 aliphatic heterocycles. The van der Waals surface area contributed by atoms with E-state index in [9.17, 15) is 19.1 Å². The maximum atomic E-state index is 14.0. The number of pyridine rings is 2. The number of hydrogen-bond donors (Lipinski definition) is 1. The van der Waals surface area contributed by atoms with Crippen molar-refractivity contribution in [2.24, 2.45) is 5.92 Å². The minimum absolute atomic E-state index is 0.0809. The van der Waals surface area contributed by atoms with Crippen molar-refractivity contribution >= 4 is 11.8 Å². The van der Waals surface area contributed by atoms with Crippen LogP contribution in [0, 0.1) is 23.6 Å². The molecule has 3 atom stereocenters. The molecule has 3 aromatic rings. The lowest BCUT2D eigenvalue weighted by Crippen LogP contribution is -2.50. The Morgan fingerprint density at radius 1 is 1.26 bits per heavy atom. The van der Waals surface area contributed by atoms with Gasteiger partial charge in [-0.2, -0.15) is 0 Å². The number of rotatable bonds is 6. The van der Waals surface area contributed by atoms with Crippen LogP contribution in [0.1, 0.15) is 40.9 Å². The summed E-state index contributed by atoms with van der Waals surface area (Å²) in [5, 5.41) is 9.86. The fourth-order valence-electron chi connectivity index (χ4n) is 4.27. The summed E-state index contributed by atoms with van der Waals surface area (Å²) in [6.07, 6.45) is 4.52. The van der Waals surface area contributed by atoms with Gasteiger partial charge in [-0.1, -0.05) is 30.9 Å². The van der Waals surface area contributed by atoms with Crippen LogP contribution in [0.4, 0.5) is 4.39 Å². The average molecular weight is 531 g/mol. The maximum absolute atomic E-state index is 14.0. The lowest BCUT2D eigenvalue weighted by atomic mass is 9.99. The monoisotopic (exact) mass is 530 g/mol. The molecule has 0 saturated heterocycles. The third-order valence-corrected chi connectivity index (χ3v) is 6.72. The maximum Gasteiger partial charge on any atom is 0.259 e. The van der Waals surface area contributed by atoms with Gasteiger partial charge in [-0.25, -0.2) is 9.37 Å². The number of aromatic nitrogens is 2. The first-order valence-corrected chi connectivity index (χ1v) is 12.7. The van der Waals surface area contributed by atoms with Crippen LogP contribution in [0.3, 0.4) is 0 Å². The van der Waals surface area contributed by atoms with Crippen LogP contribution in [-0.2, 0) is 11.2 Å². The normalized spacial score (nSPS) is 17.6. The molecule has 4 rings (SSSR count). The number of hydrogen-bond acceptors (Lipinski definition) is 6. The summed E-state index contributed by atoms with van der Waals surface area (Å²) in [6, 6.07) is 10.9. The zero-order valence-corrected chi connectivity index (χ0v) is 22.2. The SMILES string of the molecule is C[C@H]1CN([C@@H](C)CO)C(=O)c2cc(C#Cc3ccccc3F)cnc2O[C@H]1CN(C)C(=O)Cc1ccncc1. The fourth-order valence-corrected chi connectivity index (χ4v) is 4.27. The molecule has 0 fully saturated rings. The third kappa shape index (κ3) is 6.78. The number of fused-ring (bicyclic) bond motifs is 1. The summed E-state index contributed by atoms with van der Waals surface area (Å²) >= 11 is 0. The fraction of sp³-hybridized carbons (Fsp3) is 0.333. The second-order valence-corrected chi connectivity index (χ2v) is 9.74. The Hall–Kier alpha value is -4.29. The van der Waals surface area contributed by atoms with Gasteiger partial charge in [0.2, 0.25) is 11.8 Å². The molecule has 9 heteroatoms. The molecule has 1 N–H and O–H groups in total. The highest BCUT2D eigenvalue weighted by Crippen LogP contribution is 2.27. The number of halogens is 1. The molecule has 3 heterocycles. The van der Waals surface area contributed by atoms with Gasteiger partial charge in [0, 0.05) is 43.7 Å². The molecule has 39 heavy (non-hydrogen) atoms. The second-order valence-electron chi connectivity index (χ2n) is 9.74. The number of carbonyl (C=O) groups excluding carboxylic acids is 2. The summed E-state index contributed by atoms with van der Waals surface area (Å²) in [6.45, 7) is 4.07. The number of benzene rings is 1. The van der Waals surface area contributed by atoms with Crippen LogP contribution < -0.4 is 4.74 Å². The van der Waals surface area contributed by atoms with E-state index in [1.807, 2.05) is 6.92 Å². The molecule has 0 saturated carbocycles. The molecule has 0 unspecified atom stereocenters. The van der Waals surface area contributed by atoms with Crippen LogP contribution >= 0.6 is 0 Å². The first-order chi connectivity index (χ1) is 18.8. The predicted molar refractivity (Wildman–Crippen MR) is 143 cm³/mol. The molecule has 0 bridgehead atoms.